The molecule has 7 heteroatoms. The van der Waals surface area contributed by atoms with Crippen LogP contribution in [-0.4, -0.2) is 45.0 Å². The molecule has 1 aliphatic rings. The van der Waals surface area contributed by atoms with Crippen LogP contribution >= 0.6 is 0 Å². The van der Waals surface area contributed by atoms with Crippen molar-refractivity contribution in [2.24, 2.45) is 0 Å². The third-order valence-corrected chi connectivity index (χ3v) is 7.06. The van der Waals surface area contributed by atoms with Gasteiger partial charge in [-0.05, 0) is 74.3 Å². The van der Waals surface area contributed by atoms with Crippen LogP contribution in [0.15, 0.2) is 79.8 Å². The number of piperidine rings is 1. The fraction of sp³-hybridized carbons (Fsp3) is 0.290. The minimum absolute atomic E-state index is 0.629. The van der Waals surface area contributed by atoms with Crippen molar-refractivity contribution in [1.29, 1.82) is 0 Å². The predicted octanol–water partition coefficient (Wildman–Crippen LogP) is 6.10. The van der Waals surface area contributed by atoms with Crippen LogP contribution in [0.4, 0.5) is 11.5 Å². The SMILES string of the molecule is C=C(Cc1cc(-c2cncc(CN3CCCCC3)c2)cnc1NC)Nc1ccnc(-c2ccncc2)c1C. The predicted molar refractivity (Wildman–Crippen MR) is 155 cm³/mol. The van der Waals surface area contributed by atoms with Gasteiger partial charge in [-0.3, -0.25) is 19.9 Å². The quantitative estimate of drug-likeness (QED) is 0.284. The van der Waals surface area contributed by atoms with Gasteiger partial charge in [0, 0.05) is 90.8 Å². The average molecular weight is 506 g/mol. The first-order valence-corrected chi connectivity index (χ1v) is 13.2. The summed E-state index contributed by atoms with van der Waals surface area (Å²) in [5.41, 5.74) is 9.37. The van der Waals surface area contributed by atoms with Gasteiger partial charge in [-0.25, -0.2) is 4.98 Å². The zero-order valence-corrected chi connectivity index (χ0v) is 22.2. The lowest BCUT2D eigenvalue weighted by molar-refractivity contribution is 0.220. The van der Waals surface area contributed by atoms with E-state index in [0.29, 0.717) is 6.42 Å². The van der Waals surface area contributed by atoms with Crippen LogP contribution in [0, 0.1) is 6.92 Å². The van der Waals surface area contributed by atoms with Gasteiger partial charge < -0.3 is 10.6 Å². The molecule has 0 aromatic carbocycles. The second-order valence-electron chi connectivity index (χ2n) is 9.87. The summed E-state index contributed by atoms with van der Waals surface area (Å²) < 4.78 is 0. The highest BCUT2D eigenvalue weighted by Crippen LogP contribution is 2.29. The smallest absolute Gasteiger partial charge is 0.129 e. The van der Waals surface area contributed by atoms with Crippen molar-refractivity contribution in [2.75, 3.05) is 30.8 Å². The molecule has 38 heavy (non-hydrogen) atoms. The Morgan fingerprint density at radius 2 is 1.68 bits per heavy atom. The van der Waals surface area contributed by atoms with Crippen molar-refractivity contribution in [3.63, 3.8) is 0 Å². The number of rotatable bonds is 9. The minimum Gasteiger partial charge on any atom is -0.373 e. The molecular formula is C31H35N7. The summed E-state index contributed by atoms with van der Waals surface area (Å²) in [7, 11) is 1.90. The van der Waals surface area contributed by atoms with Crippen molar-refractivity contribution in [1.82, 2.24) is 24.8 Å². The summed E-state index contributed by atoms with van der Waals surface area (Å²) in [5.74, 6) is 0.845. The molecule has 0 saturated carbocycles. The van der Waals surface area contributed by atoms with Crippen LogP contribution in [0.2, 0.25) is 0 Å². The van der Waals surface area contributed by atoms with E-state index in [2.05, 4.69) is 56.1 Å². The van der Waals surface area contributed by atoms with Crippen LogP contribution in [0.5, 0.6) is 0 Å². The van der Waals surface area contributed by atoms with Crippen molar-refractivity contribution < 1.29 is 0 Å². The lowest BCUT2D eigenvalue weighted by Crippen LogP contribution is -2.29. The fourth-order valence-electron chi connectivity index (χ4n) is 5.07. The van der Waals surface area contributed by atoms with Crippen LogP contribution in [0.3, 0.4) is 0 Å². The van der Waals surface area contributed by atoms with E-state index >= 15 is 0 Å². The van der Waals surface area contributed by atoms with E-state index in [1.807, 2.05) is 50.0 Å². The third kappa shape index (κ3) is 6.06. The van der Waals surface area contributed by atoms with E-state index in [1.54, 1.807) is 12.4 Å². The Kier molecular flexibility index (Phi) is 8.04. The van der Waals surface area contributed by atoms with E-state index < -0.39 is 0 Å². The van der Waals surface area contributed by atoms with Gasteiger partial charge in [0.05, 0.1) is 5.69 Å². The van der Waals surface area contributed by atoms with Crippen molar-refractivity contribution >= 4 is 11.5 Å². The highest BCUT2D eigenvalue weighted by atomic mass is 15.1. The maximum atomic E-state index is 4.72. The molecule has 4 aromatic rings. The Bertz CT molecular complexity index is 1390. The van der Waals surface area contributed by atoms with Gasteiger partial charge >= 0.3 is 0 Å². The Balaban J connectivity index is 1.33. The van der Waals surface area contributed by atoms with Gasteiger partial charge in [-0.1, -0.05) is 13.0 Å². The largest absolute Gasteiger partial charge is 0.373 e. The van der Waals surface area contributed by atoms with Gasteiger partial charge in [0.2, 0.25) is 0 Å². The van der Waals surface area contributed by atoms with Crippen LogP contribution in [-0.2, 0) is 13.0 Å². The lowest BCUT2D eigenvalue weighted by Gasteiger charge is -2.26. The second kappa shape index (κ2) is 12.0. The lowest BCUT2D eigenvalue weighted by atomic mass is 10.0. The Morgan fingerprint density at radius 3 is 2.47 bits per heavy atom. The number of anilines is 2. The average Bonchev–Trinajstić information content (AvgIpc) is 2.95. The fourth-order valence-corrected chi connectivity index (χ4v) is 5.07. The molecule has 0 aliphatic carbocycles. The summed E-state index contributed by atoms with van der Waals surface area (Å²) in [4.78, 5) is 20.5. The summed E-state index contributed by atoms with van der Waals surface area (Å²) >= 11 is 0. The molecule has 0 spiro atoms. The monoisotopic (exact) mass is 505 g/mol. The van der Waals surface area contributed by atoms with Gasteiger partial charge in [-0.15, -0.1) is 0 Å². The number of nitrogens with one attached hydrogen (secondary N) is 2. The van der Waals surface area contributed by atoms with Crippen LogP contribution < -0.4 is 10.6 Å². The molecule has 5 heterocycles. The van der Waals surface area contributed by atoms with Crippen molar-refractivity contribution in [3.05, 3.63) is 96.5 Å². The van der Waals surface area contributed by atoms with E-state index in [0.717, 1.165) is 57.3 Å². The van der Waals surface area contributed by atoms with Crippen LogP contribution in [0.1, 0.15) is 36.0 Å². The molecule has 0 atom stereocenters. The molecule has 1 saturated heterocycles. The summed E-state index contributed by atoms with van der Waals surface area (Å²) in [5, 5.41) is 6.74. The topological polar surface area (TPSA) is 78.9 Å². The molecule has 7 nitrogen and oxygen atoms in total. The minimum atomic E-state index is 0.629. The van der Waals surface area contributed by atoms with E-state index in [-0.39, 0.29) is 0 Å². The van der Waals surface area contributed by atoms with Gasteiger partial charge in [0.1, 0.15) is 5.82 Å². The molecule has 194 valence electrons. The first-order chi connectivity index (χ1) is 18.6. The number of likely N-dealkylation sites (tertiary alicyclic amines) is 1. The molecule has 1 fully saturated rings. The summed E-state index contributed by atoms with van der Waals surface area (Å²) in [6, 6.07) is 10.4. The molecule has 0 amide bonds. The Hall–Kier alpha value is -4.10. The zero-order chi connectivity index (χ0) is 26.3. The standard InChI is InChI=1S/C31H35N7/c1-22(37-29-9-12-35-30(23(29)2)25-7-10-33-11-8-25)15-26-17-28(20-36-31(26)32-3)27-16-24(18-34-19-27)21-38-13-5-4-6-14-38/h7-12,16-20H,1,4-6,13-15,21H2,2-3H3,(H,32,36)(H,35,37). The molecule has 5 rings (SSSR count). The number of aromatic nitrogens is 4. The van der Waals surface area contributed by atoms with E-state index in [9.17, 15) is 0 Å². The molecule has 1 aliphatic heterocycles. The highest BCUT2D eigenvalue weighted by molar-refractivity contribution is 5.71. The first kappa shape index (κ1) is 25.5. The number of pyridine rings is 4. The molecule has 0 radical (unpaired) electrons. The number of hydrogen-bond donors (Lipinski definition) is 2. The molecule has 0 bridgehead atoms. The summed E-state index contributed by atoms with van der Waals surface area (Å²) in [6.45, 7) is 9.69. The van der Waals surface area contributed by atoms with Gasteiger partial charge in [0.15, 0.2) is 0 Å². The molecule has 2 N–H and O–H groups in total. The van der Waals surface area contributed by atoms with Crippen molar-refractivity contribution in [3.8, 4) is 22.4 Å². The third-order valence-electron chi connectivity index (χ3n) is 7.06. The number of nitrogens with zero attached hydrogens (tertiary/aromatic N) is 5. The molecule has 4 aromatic heterocycles. The summed E-state index contributed by atoms with van der Waals surface area (Å²) in [6.07, 6.45) is 15.8. The maximum Gasteiger partial charge on any atom is 0.129 e. The normalized spacial score (nSPS) is 13.7. The Morgan fingerprint density at radius 1 is 0.895 bits per heavy atom. The Labute approximate surface area is 225 Å². The number of allylic oxidation sites excluding steroid dienone is 1. The maximum absolute atomic E-state index is 4.72. The molecular weight excluding hydrogens is 470 g/mol. The number of hydrogen-bond acceptors (Lipinski definition) is 7. The first-order valence-electron chi connectivity index (χ1n) is 13.2. The van der Waals surface area contributed by atoms with Gasteiger partial charge in [0.25, 0.3) is 0 Å². The highest BCUT2D eigenvalue weighted by Gasteiger charge is 2.14. The van der Waals surface area contributed by atoms with Crippen molar-refractivity contribution in [2.45, 2.75) is 39.2 Å². The van der Waals surface area contributed by atoms with Crippen LogP contribution in [0.25, 0.3) is 22.4 Å². The van der Waals surface area contributed by atoms with Gasteiger partial charge in [-0.2, -0.15) is 0 Å². The molecule has 0 unspecified atom stereocenters. The second-order valence-corrected chi connectivity index (χ2v) is 9.87. The zero-order valence-electron chi connectivity index (χ0n) is 22.2. The van der Waals surface area contributed by atoms with E-state index in [4.69, 9.17) is 4.98 Å². The van der Waals surface area contributed by atoms with E-state index in [1.165, 1.54) is 37.9 Å².